The van der Waals surface area contributed by atoms with E-state index in [0.29, 0.717) is 23.0 Å². The molecule has 0 aliphatic carbocycles. The number of benzene rings is 2. The lowest BCUT2D eigenvalue weighted by atomic mass is 10.1. The first-order valence-corrected chi connectivity index (χ1v) is 8.98. The summed E-state index contributed by atoms with van der Waals surface area (Å²) in [4.78, 5) is 32.4. The Bertz CT molecular complexity index is 1020. The van der Waals surface area contributed by atoms with E-state index in [2.05, 4.69) is 20.0 Å². The van der Waals surface area contributed by atoms with Crippen LogP contribution in [0, 0.1) is 13.8 Å². The molecular weight excluding hydrogens is 370 g/mol. The molecular formula is C22H21N3O4. The molecule has 0 aliphatic rings. The predicted octanol–water partition coefficient (Wildman–Crippen LogP) is 3.56. The molecule has 7 heteroatoms. The van der Waals surface area contributed by atoms with Crippen molar-refractivity contribution in [2.75, 3.05) is 19.0 Å². The van der Waals surface area contributed by atoms with E-state index in [9.17, 15) is 9.59 Å². The molecule has 0 radical (unpaired) electrons. The molecule has 0 atom stereocenters. The van der Waals surface area contributed by atoms with Gasteiger partial charge in [-0.15, -0.1) is 0 Å². The molecule has 0 saturated heterocycles. The fourth-order valence-electron chi connectivity index (χ4n) is 2.59. The van der Waals surface area contributed by atoms with Gasteiger partial charge in [0, 0.05) is 23.0 Å². The van der Waals surface area contributed by atoms with E-state index in [-0.39, 0.29) is 12.5 Å². The highest BCUT2D eigenvalue weighted by Gasteiger charge is 2.10. The summed E-state index contributed by atoms with van der Waals surface area (Å²) in [5.74, 6) is 0.0850. The molecule has 3 aromatic rings. The molecule has 0 aliphatic heterocycles. The number of nitrogens with one attached hydrogen (secondary N) is 1. The van der Waals surface area contributed by atoms with Crippen LogP contribution in [0.1, 0.15) is 21.6 Å². The highest BCUT2D eigenvalue weighted by Crippen LogP contribution is 2.19. The molecule has 1 amide bonds. The van der Waals surface area contributed by atoms with E-state index in [4.69, 9.17) is 4.74 Å². The summed E-state index contributed by atoms with van der Waals surface area (Å²) in [6.07, 6.45) is 0. The molecule has 1 heterocycles. The first-order chi connectivity index (χ1) is 13.9. The van der Waals surface area contributed by atoms with Gasteiger partial charge in [-0.2, -0.15) is 4.98 Å². The number of aromatic nitrogens is 2. The Kier molecular flexibility index (Phi) is 6.19. The molecule has 1 N–H and O–H groups in total. The van der Waals surface area contributed by atoms with Gasteiger partial charge in [-0.05, 0) is 38.1 Å². The summed E-state index contributed by atoms with van der Waals surface area (Å²) in [5.41, 5.74) is 3.71. The number of hydrogen-bond acceptors (Lipinski definition) is 6. The number of anilines is 1. The molecule has 29 heavy (non-hydrogen) atoms. The van der Waals surface area contributed by atoms with Gasteiger partial charge in [0.15, 0.2) is 12.4 Å². The standard InChI is InChI=1S/C22H21N3O4/c1-14-4-6-16(7-5-14)21-23-15(2)12-20(25-21)29-13-19(26)24-18-10-8-17(9-11-18)22(27)28-3/h4-12H,13H2,1-3H3,(H,24,26). The number of aryl methyl sites for hydroxylation is 2. The minimum Gasteiger partial charge on any atom is -0.467 e. The van der Waals surface area contributed by atoms with Crippen molar-refractivity contribution in [3.63, 3.8) is 0 Å². The van der Waals surface area contributed by atoms with E-state index in [1.54, 1.807) is 30.3 Å². The van der Waals surface area contributed by atoms with Crippen LogP contribution >= 0.6 is 0 Å². The second-order valence-corrected chi connectivity index (χ2v) is 6.44. The third kappa shape index (κ3) is 5.38. The monoisotopic (exact) mass is 391 g/mol. The van der Waals surface area contributed by atoms with Gasteiger partial charge in [0.05, 0.1) is 12.7 Å². The third-order valence-electron chi connectivity index (χ3n) is 4.08. The smallest absolute Gasteiger partial charge is 0.337 e. The van der Waals surface area contributed by atoms with Crippen LogP contribution in [0.25, 0.3) is 11.4 Å². The Balaban J connectivity index is 1.62. The van der Waals surface area contributed by atoms with Gasteiger partial charge in [0.1, 0.15) is 0 Å². The van der Waals surface area contributed by atoms with Crippen molar-refractivity contribution in [2.24, 2.45) is 0 Å². The van der Waals surface area contributed by atoms with Crippen molar-refractivity contribution in [2.45, 2.75) is 13.8 Å². The van der Waals surface area contributed by atoms with Crippen molar-refractivity contribution >= 4 is 17.6 Å². The number of methoxy groups -OCH3 is 1. The van der Waals surface area contributed by atoms with Crippen LogP contribution in [0.3, 0.4) is 0 Å². The van der Waals surface area contributed by atoms with E-state index in [0.717, 1.165) is 16.8 Å². The largest absolute Gasteiger partial charge is 0.467 e. The first kappa shape index (κ1) is 20.0. The Morgan fingerprint density at radius 3 is 2.31 bits per heavy atom. The summed E-state index contributed by atoms with van der Waals surface area (Å²) < 4.78 is 10.2. The number of amides is 1. The maximum atomic E-state index is 12.2. The van der Waals surface area contributed by atoms with E-state index in [1.807, 2.05) is 38.1 Å². The number of hydrogen-bond donors (Lipinski definition) is 1. The van der Waals surface area contributed by atoms with Crippen LogP contribution in [0.4, 0.5) is 5.69 Å². The van der Waals surface area contributed by atoms with Crippen LogP contribution in [0.2, 0.25) is 0 Å². The van der Waals surface area contributed by atoms with Gasteiger partial charge in [-0.1, -0.05) is 29.8 Å². The average molecular weight is 391 g/mol. The fraction of sp³-hybridized carbons (Fsp3) is 0.182. The second-order valence-electron chi connectivity index (χ2n) is 6.44. The lowest BCUT2D eigenvalue weighted by molar-refractivity contribution is -0.118. The molecule has 3 rings (SSSR count). The zero-order valence-corrected chi connectivity index (χ0v) is 16.4. The summed E-state index contributed by atoms with van der Waals surface area (Å²) in [5, 5.41) is 2.70. The normalized spacial score (nSPS) is 10.3. The fourth-order valence-corrected chi connectivity index (χ4v) is 2.59. The third-order valence-corrected chi connectivity index (χ3v) is 4.08. The lowest BCUT2D eigenvalue weighted by Gasteiger charge is -2.09. The molecule has 7 nitrogen and oxygen atoms in total. The Morgan fingerprint density at radius 1 is 0.966 bits per heavy atom. The summed E-state index contributed by atoms with van der Waals surface area (Å²) in [7, 11) is 1.31. The maximum absolute atomic E-state index is 12.2. The van der Waals surface area contributed by atoms with E-state index in [1.165, 1.54) is 7.11 Å². The highest BCUT2D eigenvalue weighted by atomic mass is 16.5. The Hall–Kier alpha value is -3.74. The topological polar surface area (TPSA) is 90.4 Å². The molecule has 148 valence electrons. The SMILES string of the molecule is COC(=O)c1ccc(NC(=O)COc2cc(C)nc(-c3ccc(C)cc3)n2)cc1. The van der Waals surface area contributed by atoms with Gasteiger partial charge < -0.3 is 14.8 Å². The zero-order chi connectivity index (χ0) is 20.8. The molecule has 0 spiro atoms. The highest BCUT2D eigenvalue weighted by molar-refractivity contribution is 5.93. The average Bonchev–Trinajstić information content (AvgIpc) is 2.72. The number of nitrogens with zero attached hydrogens (tertiary/aromatic N) is 2. The number of rotatable bonds is 6. The number of carbonyl (C=O) groups excluding carboxylic acids is 2. The number of carbonyl (C=O) groups is 2. The van der Waals surface area contributed by atoms with Crippen molar-refractivity contribution in [3.8, 4) is 17.3 Å². The summed E-state index contributed by atoms with van der Waals surface area (Å²) in [6.45, 7) is 3.65. The molecule has 0 bridgehead atoms. The molecule has 1 aromatic heterocycles. The summed E-state index contributed by atoms with van der Waals surface area (Å²) in [6, 6.07) is 15.9. The van der Waals surface area contributed by atoms with Gasteiger partial charge in [-0.3, -0.25) is 4.79 Å². The quantitative estimate of drug-likeness (QED) is 0.646. The zero-order valence-electron chi connectivity index (χ0n) is 16.4. The van der Waals surface area contributed by atoms with Gasteiger partial charge in [0.25, 0.3) is 5.91 Å². The molecule has 0 fully saturated rings. The van der Waals surface area contributed by atoms with Crippen molar-refractivity contribution in [1.29, 1.82) is 0 Å². The minimum atomic E-state index is -0.435. The molecule has 0 unspecified atom stereocenters. The van der Waals surface area contributed by atoms with Crippen LogP contribution < -0.4 is 10.1 Å². The van der Waals surface area contributed by atoms with Crippen molar-refractivity contribution in [3.05, 3.63) is 71.4 Å². The number of esters is 1. The van der Waals surface area contributed by atoms with Crippen LogP contribution in [-0.4, -0.2) is 35.6 Å². The summed E-state index contributed by atoms with van der Waals surface area (Å²) >= 11 is 0. The Labute approximate surface area is 168 Å². The maximum Gasteiger partial charge on any atom is 0.337 e. The molecule has 0 saturated carbocycles. The van der Waals surface area contributed by atoms with Crippen molar-refractivity contribution in [1.82, 2.24) is 9.97 Å². The Morgan fingerprint density at radius 2 is 1.66 bits per heavy atom. The van der Waals surface area contributed by atoms with Crippen molar-refractivity contribution < 1.29 is 19.1 Å². The van der Waals surface area contributed by atoms with Gasteiger partial charge >= 0.3 is 5.97 Å². The number of ether oxygens (including phenoxy) is 2. The lowest BCUT2D eigenvalue weighted by Crippen LogP contribution is -2.20. The van der Waals surface area contributed by atoms with Crippen LogP contribution in [0.15, 0.2) is 54.6 Å². The van der Waals surface area contributed by atoms with E-state index < -0.39 is 5.97 Å². The van der Waals surface area contributed by atoms with Gasteiger partial charge in [-0.25, -0.2) is 9.78 Å². The van der Waals surface area contributed by atoms with Gasteiger partial charge in [0.2, 0.25) is 5.88 Å². The van der Waals surface area contributed by atoms with E-state index >= 15 is 0 Å². The predicted molar refractivity (Wildman–Crippen MR) is 109 cm³/mol. The first-order valence-electron chi connectivity index (χ1n) is 8.98. The van der Waals surface area contributed by atoms with Crippen LogP contribution in [0.5, 0.6) is 5.88 Å². The minimum absolute atomic E-state index is 0.206. The second kappa shape index (κ2) is 8.97. The van der Waals surface area contributed by atoms with Crippen LogP contribution in [-0.2, 0) is 9.53 Å². The molecule has 2 aromatic carbocycles.